The Morgan fingerprint density at radius 3 is 2.58 bits per heavy atom. The highest BCUT2D eigenvalue weighted by molar-refractivity contribution is 5.92. The predicted molar refractivity (Wildman–Crippen MR) is 88.7 cm³/mol. The monoisotopic (exact) mass is 335 g/mol. The molecule has 2 heterocycles. The van der Waals surface area contributed by atoms with Gasteiger partial charge in [0.25, 0.3) is 0 Å². The Bertz CT molecular complexity index is 665. The highest BCUT2D eigenvalue weighted by Crippen LogP contribution is 2.19. The lowest BCUT2D eigenvalue weighted by Gasteiger charge is -2.24. The summed E-state index contributed by atoms with van der Waals surface area (Å²) in [6.45, 7) is 6.46. The van der Waals surface area contributed by atoms with Crippen molar-refractivity contribution in [3.63, 3.8) is 0 Å². The molecule has 1 fully saturated rings. The van der Waals surface area contributed by atoms with Crippen molar-refractivity contribution in [3.05, 3.63) is 23.0 Å². The van der Waals surface area contributed by atoms with Gasteiger partial charge in [0.15, 0.2) is 0 Å². The predicted octanol–water partition coefficient (Wildman–Crippen LogP) is 0.971. The summed E-state index contributed by atoms with van der Waals surface area (Å²) in [5.74, 6) is -0.565. The normalized spacial score (nSPS) is 17.3. The van der Waals surface area contributed by atoms with Crippen LogP contribution in [0.15, 0.2) is 6.07 Å². The maximum atomic E-state index is 12.6. The molecule has 0 N–H and O–H groups in total. The molecule has 1 aromatic rings. The van der Waals surface area contributed by atoms with Gasteiger partial charge in [-0.15, -0.1) is 0 Å². The van der Waals surface area contributed by atoms with Crippen LogP contribution in [0.2, 0.25) is 0 Å². The summed E-state index contributed by atoms with van der Waals surface area (Å²) in [6.07, 6.45) is 0.648. The maximum Gasteiger partial charge on any atom is 0.339 e. The molecule has 0 aromatic carbocycles. The number of carbonyl (C=O) groups excluding carboxylic acids is 3. The summed E-state index contributed by atoms with van der Waals surface area (Å²) < 4.78 is 6.82. The largest absolute Gasteiger partial charge is 0.462 e. The van der Waals surface area contributed by atoms with Crippen molar-refractivity contribution in [3.8, 4) is 0 Å². The fraction of sp³-hybridized carbons (Fsp3) is 0.588. The van der Waals surface area contributed by atoms with Crippen LogP contribution in [0.1, 0.15) is 35.1 Å². The second-order valence-electron chi connectivity index (χ2n) is 6.16. The van der Waals surface area contributed by atoms with Gasteiger partial charge in [-0.25, -0.2) is 4.79 Å². The smallest absolute Gasteiger partial charge is 0.339 e. The highest BCUT2D eigenvalue weighted by atomic mass is 16.5. The maximum absolute atomic E-state index is 12.6. The van der Waals surface area contributed by atoms with Crippen LogP contribution in [0.5, 0.6) is 0 Å². The van der Waals surface area contributed by atoms with E-state index in [4.69, 9.17) is 4.74 Å². The molecule has 2 rings (SSSR count). The Balaban J connectivity index is 2.14. The standard InChI is InChI=1S/C17H25N3O4/c1-6-24-17(23)13-9-11(2)20(12(13)3)10-15(21)19(5)14-7-8-18(4)16(14)22/h9,14H,6-8,10H2,1-5H3/t14-/m0/s1. The van der Waals surface area contributed by atoms with Crippen LogP contribution in [-0.2, 0) is 20.9 Å². The SMILES string of the molecule is CCOC(=O)c1cc(C)n(CC(=O)N(C)[C@H]2CCN(C)C2=O)c1C. The van der Waals surface area contributed by atoms with Gasteiger partial charge in [0, 0.05) is 32.0 Å². The first-order valence-electron chi connectivity index (χ1n) is 8.12. The van der Waals surface area contributed by atoms with Crippen molar-refractivity contribution in [2.75, 3.05) is 27.2 Å². The third-order valence-corrected chi connectivity index (χ3v) is 4.62. The molecule has 132 valence electrons. The number of ether oxygens (including phenoxy) is 1. The molecular weight excluding hydrogens is 310 g/mol. The second-order valence-corrected chi connectivity index (χ2v) is 6.16. The molecule has 1 aromatic heterocycles. The minimum Gasteiger partial charge on any atom is -0.462 e. The Morgan fingerprint density at radius 1 is 1.38 bits per heavy atom. The quantitative estimate of drug-likeness (QED) is 0.752. The molecule has 0 unspecified atom stereocenters. The summed E-state index contributed by atoms with van der Waals surface area (Å²) in [7, 11) is 3.40. The van der Waals surface area contributed by atoms with E-state index in [1.54, 1.807) is 43.5 Å². The molecule has 1 atom stereocenters. The number of aryl methyl sites for hydroxylation is 1. The number of hydrogen-bond acceptors (Lipinski definition) is 4. The fourth-order valence-corrected chi connectivity index (χ4v) is 3.04. The van der Waals surface area contributed by atoms with E-state index in [0.717, 1.165) is 5.69 Å². The molecule has 0 bridgehead atoms. The van der Waals surface area contributed by atoms with E-state index < -0.39 is 6.04 Å². The first-order valence-corrected chi connectivity index (χ1v) is 8.12. The lowest BCUT2D eigenvalue weighted by molar-refractivity contribution is -0.140. The van der Waals surface area contributed by atoms with Crippen LogP contribution in [-0.4, -0.2) is 65.4 Å². The van der Waals surface area contributed by atoms with Crippen molar-refractivity contribution < 1.29 is 19.1 Å². The summed E-state index contributed by atoms with van der Waals surface area (Å²) in [4.78, 5) is 39.8. The molecule has 7 heteroatoms. The van der Waals surface area contributed by atoms with Gasteiger partial charge in [-0.2, -0.15) is 0 Å². The van der Waals surface area contributed by atoms with Gasteiger partial charge in [-0.3, -0.25) is 9.59 Å². The van der Waals surface area contributed by atoms with E-state index in [1.165, 1.54) is 4.90 Å². The van der Waals surface area contributed by atoms with E-state index in [2.05, 4.69) is 0 Å². The van der Waals surface area contributed by atoms with E-state index >= 15 is 0 Å². The zero-order valence-corrected chi connectivity index (χ0v) is 15.0. The summed E-state index contributed by atoms with van der Waals surface area (Å²) >= 11 is 0. The number of likely N-dealkylation sites (tertiary alicyclic amines) is 1. The molecule has 0 spiro atoms. The third kappa shape index (κ3) is 3.29. The van der Waals surface area contributed by atoms with E-state index in [-0.39, 0.29) is 24.3 Å². The van der Waals surface area contributed by atoms with Crippen LogP contribution in [0, 0.1) is 13.8 Å². The zero-order chi connectivity index (χ0) is 18.0. The van der Waals surface area contributed by atoms with Crippen molar-refractivity contribution >= 4 is 17.8 Å². The number of carbonyl (C=O) groups is 3. The minimum atomic E-state index is -0.400. The van der Waals surface area contributed by atoms with E-state index in [9.17, 15) is 14.4 Å². The number of aromatic nitrogens is 1. The van der Waals surface area contributed by atoms with Gasteiger partial charge in [-0.05, 0) is 33.3 Å². The first kappa shape index (κ1) is 18.0. The van der Waals surface area contributed by atoms with Crippen molar-refractivity contribution in [1.29, 1.82) is 0 Å². The second kappa shape index (κ2) is 7.07. The van der Waals surface area contributed by atoms with Crippen molar-refractivity contribution in [2.24, 2.45) is 0 Å². The molecule has 0 aliphatic carbocycles. The number of amides is 2. The van der Waals surface area contributed by atoms with E-state index in [1.807, 2.05) is 6.92 Å². The number of rotatable bonds is 5. The van der Waals surface area contributed by atoms with Crippen LogP contribution in [0.4, 0.5) is 0 Å². The molecule has 0 radical (unpaired) electrons. The van der Waals surface area contributed by atoms with E-state index in [0.29, 0.717) is 30.8 Å². The fourth-order valence-electron chi connectivity index (χ4n) is 3.04. The lowest BCUT2D eigenvalue weighted by atomic mass is 10.2. The molecular formula is C17H25N3O4. The Labute approximate surface area is 142 Å². The topological polar surface area (TPSA) is 71.8 Å². The van der Waals surface area contributed by atoms with Gasteiger partial charge < -0.3 is 19.1 Å². The molecule has 2 amide bonds. The Hall–Kier alpha value is -2.31. The average Bonchev–Trinajstić information content (AvgIpc) is 3.01. The van der Waals surface area contributed by atoms with Gasteiger partial charge in [0.2, 0.25) is 11.8 Å². The third-order valence-electron chi connectivity index (χ3n) is 4.62. The number of hydrogen-bond donors (Lipinski definition) is 0. The molecule has 24 heavy (non-hydrogen) atoms. The Morgan fingerprint density at radius 2 is 2.04 bits per heavy atom. The summed E-state index contributed by atoms with van der Waals surface area (Å²) in [5, 5.41) is 0. The van der Waals surface area contributed by atoms with Crippen LogP contribution >= 0.6 is 0 Å². The Kier molecular flexibility index (Phi) is 5.31. The summed E-state index contributed by atoms with van der Waals surface area (Å²) in [6, 6.07) is 1.33. The zero-order valence-electron chi connectivity index (χ0n) is 15.0. The van der Waals surface area contributed by atoms with Crippen molar-refractivity contribution in [1.82, 2.24) is 14.4 Å². The summed E-state index contributed by atoms with van der Waals surface area (Å²) in [5.41, 5.74) is 1.98. The van der Waals surface area contributed by atoms with Crippen LogP contribution < -0.4 is 0 Å². The van der Waals surface area contributed by atoms with Gasteiger partial charge in [-0.1, -0.05) is 0 Å². The molecule has 1 aliphatic rings. The van der Waals surface area contributed by atoms with Gasteiger partial charge in [0.05, 0.1) is 12.2 Å². The number of likely N-dealkylation sites (N-methyl/N-ethyl adjacent to an activating group) is 2. The minimum absolute atomic E-state index is 0.0287. The first-order chi connectivity index (χ1) is 11.3. The lowest BCUT2D eigenvalue weighted by Crippen LogP contribution is -2.43. The average molecular weight is 335 g/mol. The van der Waals surface area contributed by atoms with Gasteiger partial charge in [0.1, 0.15) is 12.6 Å². The highest BCUT2D eigenvalue weighted by Gasteiger charge is 2.34. The number of esters is 1. The van der Waals surface area contributed by atoms with Crippen LogP contribution in [0.3, 0.4) is 0 Å². The molecule has 1 saturated heterocycles. The van der Waals surface area contributed by atoms with Crippen molar-refractivity contribution in [2.45, 2.75) is 39.8 Å². The molecule has 0 saturated carbocycles. The molecule has 7 nitrogen and oxygen atoms in total. The molecule has 1 aliphatic heterocycles. The van der Waals surface area contributed by atoms with Gasteiger partial charge >= 0.3 is 5.97 Å². The van der Waals surface area contributed by atoms with Crippen LogP contribution in [0.25, 0.3) is 0 Å². The number of nitrogens with zero attached hydrogens (tertiary/aromatic N) is 3.